The Morgan fingerprint density at radius 1 is 1.19 bits per heavy atom. The molecule has 1 saturated carbocycles. The van der Waals surface area contributed by atoms with Gasteiger partial charge < -0.3 is 9.72 Å². The third-order valence-electron chi connectivity index (χ3n) is 5.10. The molecule has 0 saturated heterocycles. The van der Waals surface area contributed by atoms with E-state index in [0.717, 1.165) is 36.3 Å². The monoisotopic (exact) mass is 285 g/mol. The Morgan fingerprint density at radius 3 is 2.71 bits per heavy atom. The normalized spacial score (nSPS) is 22.8. The molecule has 21 heavy (non-hydrogen) atoms. The van der Waals surface area contributed by atoms with Gasteiger partial charge in [-0.3, -0.25) is 0 Å². The molecule has 2 aromatic heterocycles. The topological polar surface area (TPSA) is 29.3 Å². The molecule has 0 spiro atoms. The van der Waals surface area contributed by atoms with Crippen molar-refractivity contribution in [3.63, 3.8) is 0 Å². The zero-order valence-electron chi connectivity index (χ0n) is 13.3. The number of imidazole rings is 1. The molecule has 2 aromatic rings. The van der Waals surface area contributed by atoms with Gasteiger partial charge >= 0.3 is 0 Å². The van der Waals surface area contributed by atoms with E-state index in [0.29, 0.717) is 0 Å². The Balaban J connectivity index is 1.54. The molecule has 1 aliphatic rings. The molecular weight excluding hydrogens is 258 g/mol. The second kappa shape index (κ2) is 6.61. The van der Waals surface area contributed by atoms with E-state index >= 15 is 0 Å². The molecule has 114 valence electrons. The van der Waals surface area contributed by atoms with E-state index in [-0.39, 0.29) is 0 Å². The lowest BCUT2D eigenvalue weighted by Gasteiger charge is -2.27. The minimum Gasteiger partial charge on any atom is -0.311 e. The predicted octanol–water partition coefficient (Wildman–Crippen LogP) is 3.95. The Kier molecular flexibility index (Phi) is 4.59. The molecule has 0 amide bonds. The van der Waals surface area contributed by atoms with Crippen LogP contribution in [0.1, 0.15) is 50.4 Å². The maximum atomic E-state index is 4.62. The largest absolute Gasteiger partial charge is 0.311 e. The van der Waals surface area contributed by atoms with E-state index in [9.17, 15) is 0 Å². The number of hydrogen-bond donors (Lipinski definition) is 1. The van der Waals surface area contributed by atoms with Crippen molar-refractivity contribution < 1.29 is 0 Å². The van der Waals surface area contributed by atoms with Gasteiger partial charge in [-0.25, -0.2) is 4.98 Å². The lowest BCUT2D eigenvalue weighted by atomic mass is 9.81. The van der Waals surface area contributed by atoms with Crippen molar-refractivity contribution in [2.24, 2.45) is 11.8 Å². The van der Waals surface area contributed by atoms with E-state index < -0.39 is 0 Å². The van der Waals surface area contributed by atoms with E-state index in [4.69, 9.17) is 0 Å². The first-order valence-electron chi connectivity index (χ1n) is 8.41. The number of rotatable bonds is 5. The van der Waals surface area contributed by atoms with Gasteiger partial charge in [-0.05, 0) is 50.3 Å². The maximum absolute atomic E-state index is 4.62. The van der Waals surface area contributed by atoms with Crippen molar-refractivity contribution >= 4 is 5.65 Å². The van der Waals surface area contributed by atoms with Crippen LogP contribution in [0, 0.1) is 18.8 Å². The molecule has 0 radical (unpaired) electrons. The molecule has 3 nitrogen and oxygen atoms in total. The summed E-state index contributed by atoms with van der Waals surface area (Å²) in [5, 5.41) is 3.66. The van der Waals surface area contributed by atoms with Crippen LogP contribution >= 0.6 is 0 Å². The van der Waals surface area contributed by atoms with Crippen LogP contribution in [0.25, 0.3) is 5.65 Å². The van der Waals surface area contributed by atoms with Gasteiger partial charge in [0.2, 0.25) is 0 Å². The second-order valence-corrected chi connectivity index (χ2v) is 6.50. The van der Waals surface area contributed by atoms with Gasteiger partial charge in [0.25, 0.3) is 0 Å². The summed E-state index contributed by atoms with van der Waals surface area (Å²) >= 11 is 0. The Labute approximate surface area is 127 Å². The van der Waals surface area contributed by atoms with E-state index in [1.165, 1.54) is 37.8 Å². The summed E-state index contributed by atoms with van der Waals surface area (Å²) in [5.41, 5.74) is 3.49. The highest BCUT2D eigenvalue weighted by Gasteiger charge is 2.19. The Morgan fingerprint density at radius 2 is 1.95 bits per heavy atom. The lowest BCUT2D eigenvalue weighted by molar-refractivity contribution is 0.262. The molecular formula is C18H27N3. The quantitative estimate of drug-likeness (QED) is 0.901. The molecule has 0 unspecified atom stereocenters. The SMILES string of the molecule is CCC1CCC(CNCc2c(C)nc3ccccn23)CC1. The van der Waals surface area contributed by atoms with Crippen molar-refractivity contribution in [3.05, 3.63) is 35.8 Å². The van der Waals surface area contributed by atoms with Crippen LogP contribution in [-0.2, 0) is 6.54 Å². The highest BCUT2D eigenvalue weighted by atomic mass is 15.0. The van der Waals surface area contributed by atoms with Crippen molar-refractivity contribution in [1.29, 1.82) is 0 Å². The van der Waals surface area contributed by atoms with Gasteiger partial charge in [-0.1, -0.05) is 32.3 Å². The van der Waals surface area contributed by atoms with Crippen LogP contribution < -0.4 is 5.32 Å². The summed E-state index contributed by atoms with van der Waals surface area (Å²) in [6.07, 6.45) is 9.13. The van der Waals surface area contributed by atoms with Crippen LogP contribution in [-0.4, -0.2) is 15.9 Å². The molecule has 3 rings (SSSR count). The van der Waals surface area contributed by atoms with Crippen LogP contribution in [0.5, 0.6) is 0 Å². The van der Waals surface area contributed by atoms with Gasteiger partial charge in [0.05, 0.1) is 11.4 Å². The lowest BCUT2D eigenvalue weighted by Crippen LogP contribution is -2.26. The predicted molar refractivity (Wildman–Crippen MR) is 87.4 cm³/mol. The minimum absolute atomic E-state index is 0.868. The highest BCUT2D eigenvalue weighted by molar-refractivity contribution is 5.42. The first kappa shape index (κ1) is 14.6. The van der Waals surface area contributed by atoms with Gasteiger partial charge in [-0.2, -0.15) is 0 Å². The zero-order chi connectivity index (χ0) is 14.7. The van der Waals surface area contributed by atoms with E-state index in [1.54, 1.807) is 0 Å². The fourth-order valence-electron chi connectivity index (χ4n) is 3.62. The number of fused-ring (bicyclic) bond motifs is 1. The van der Waals surface area contributed by atoms with Gasteiger partial charge in [0, 0.05) is 12.7 Å². The average Bonchev–Trinajstić information content (AvgIpc) is 2.84. The molecule has 1 aliphatic carbocycles. The third kappa shape index (κ3) is 3.29. The molecule has 1 N–H and O–H groups in total. The zero-order valence-corrected chi connectivity index (χ0v) is 13.3. The van der Waals surface area contributed by atoms with Crippen LogP contribution in [0.2, 0.25) is 0 Å². The molecule has 3 heteroatoms. The summed E-state index contributed by atoms with van der Waals surface area (Å²) in [6.45, 7) is 6.51. The number of pyridine rings is 1. The summed E-state index contributed by atoms with van der Waals surface area (Å²) < 4.78 is 2.20. The third-order valence-corrected chi connectivity index (χ3v) is 5.10. The maximum Gasteiger partial charge on any atom is 0.137 e. The van der Waals surface area contributed by atoms with Crippen molar-refractivity contribution in [3.8, 4) is 0 Å². The minimum atomic E-state index is 0.868. The molecule has 0 bridgehead atoms. The molecule has 0 aliphatic heterocycles. The summed E-state index contributed by atoms with van der Waals surface area (Å²) in [6, 6.07) is 6.19. The fraction of sp³-hybridized carbons (Fsp3) is 0.611. The van der Waals surface area contributed by atoms with Gasteiger partial charge in [0.1, 0.15) is 5.65 Å². The number of aromatic nitrogens is 2. The first-order valence-corrected chi connectivity index (χ1v) is 8.41. The van der Waals surface area contributed by atoms with Crippen molar-refractivity contribution in [1.82, 2.24) is 14.7 Å². The fourth-order valence-corrected chi connectivity index (χ4v) is 3.62. The highest BCUT2D eigenvalue weighted by Crippen LogP contribution is 2.30. The van der Waals surface area contributed by atoms with Crippen LogP contribution in [0.15, 0.2) is 24.4 Å². The molecule has 1 fully saturated rings. The van der Waals surface area contributed by atoms with Gasteiger partial charge in [-0.15, -0.1) is 0 Å². The molecule has 0 aromatic carbocycles. The summed E-state index contributed by atoms with van der Waals surface area (Å²) in [4.78, 5) is 4.62. The first-order chi connectivity index (χ1) is 10.3. The average molecular weight is 285 g/mol. The van der Waals surface area contributed by atoms with E-state index in [1.807, 2.05) is 6.07 Å². The number of nitrogens with zero attached hydrogens (tertiary/aromatic N) is 2. The van der Waals surface area contributed by atoms with Crippen molar-refractivity contribution in [2.45, 2.75) is 52.5 Å². The Bertz CT molecular complexity index is 579. The number of nitrogens with one attached hydrogen (secondary N) is 1. The smallest absolute Gasteiger partial charge is 0.137 e. The molecule has 2 heterocycles. The number of aryl methyl sites for hydroxylation is 1. The van der Waals surface area contributed by atoms with Gasteiger partial charge in [0.15, 0.2) is 0 Å². The Hall–Kier alpha value is -1.35. The molecule has 0 atom stereocenters. The standard InChI is InChI=1S/C18H27N3/c1-3-15-7-9-16(10-8-15)12-19-13-17-14(2)20-18-6-4-5-11-21(17)18/h4-6,11,15-16,19H,3,7-10,12-13H2,1-2H3. The van der Waals surface area contributed by atoms with E-state index in [2.05, 4.69) is 46.9 Å². The second-order valence-electron chi connectivity index (χ2n) is 6.50. The van der Waals surface area contributed by atoms with Crippen LogP contribution in [0.3, 0.4) is 0 Å². The number of hydrogen-bond acceptors (Lipinski definition) is 2. The van der Waals surface area contributed by atoms with Crippen LogP contribution in [0.4, 0.5) is 0 Å². The van der Waals surface area contributed by atoms with Crippen molar-refractivity contribution in [2.75, 3.05) is 6.54 Å². The summed E-state index contributed by atoms with van der Waals surface area (Å²) in [5.74, 6) is 1.86. The summed E-state index contributed by atoms with van der Waals surface area (Å²) in [7, 11) is 0.